The molecule has 194 valence electrons. The van der Waals surface area contributed by atoms with Gasteiger partial charge in [-0.25, -0.2) is 9.59 Å². The molecule has 2 aromatic rings. The van der Waals surface area contributed by atoms with Crippen molar-refractivity contribution in [3.63, 3.8) is 0 Å². The Bertz CT molecular complexity index is 1260. The topological polar surface area (TPSA) is 112 Å². The van der Waals surface area contributed by atoms with Crippen LogP contribution < -0.4 is 10.1 Å². The number of carbonyl (C=O) groups excluding carboxylic acids is 2. The van der Waals surface area contributed by atoms with Crippen LogP contribution in [0.5, 0.6) is 5.75 Å². The molecule has 1 aromatic carbocycles. The summed E-state index contributed by atoms with van der Waals surface area (Å²) in [6, 6.07) is 6.99. The van der Waals surface area contributed by atoms with Crippen molar-refractivity contribution in [2.45, 2.75) is 38.7 Å². The predicted octanol–water partition coefficient (Wildman–Crippen LogP) is 2.95. The molecule has 2 heterocycles. The molecule has 2 aliphatic rings. The molecule has 1 atom stereocenters. The number of benzene rings is 1. The number of hydrogen-bond donors (Lipinski definition) is 2. The second kappa shape index (κ2) is 11.0. The Morgan fingerprint density at radius 2 is 2.03 bits per heavy atom. The van der Waals surface area contributed by atoms with Crippen molar-refractivity contribution in [2.24, 2.45) is 0 Å². The third kappa shape index (κ3) is 5.94. The first-order valence-electron chi connectivity index (χ1n) is 12.4. The summed E-state index contributed by atoms with van der Waals surface area (Å²) in [5.41, 5.74) is 3.52. The number of carbonyl (C=O) groups is 3. The number of aromatic carboxylic acids is 1. The second-order valence-electron chi connectivity index (χ2n) is 9.61. The number of ether oxygens (including phenoxy) is 1. The van der Waals surface area contributed by atoms with Gasteiger partial charge in [-0.15, -0.1) is 0 Å². The molecule has 37 heavy (non-hydrogen) atoms. The van der Waals surface area contributed by atoms with Gasteiger partial charge in [0.05, 0.1) is 29.9 Å². The van der Waals surface area contributed by atoms with Gasteiger partial charge in [-0.1, -0.05) is 12.6 Å². The number of aryl methyl sites for hydroxylation is 1. The van der Waals surface area contributed by atoms with Gasteiger partial charge in [0.2, 0.25) is 0 Å². The molecular weight excluding hydrogens is 472 g/mol. The largest absolute Gasteiger partial charge is 0.482 e. The Labute approximate surface area is 216 Å². The van der Waals surface area contributed by atoms with Crippen LogP contribution in [0.2, 0.25) is 0 Å². The molecule has 9 nitrogen and oxygen atoms in total. The smallest absolute Gasteiger partial charge is 0.411 e. The predicted molar refractivity (Wildman–Crippen MR) is 139 cm³/mol. The molecule has 1 aliphatic carbocycles. The highest BCUT2D eigenvalue weighted by atomic mass is 16.5. The summed E-state index contributed by atoms with van der Waals surface area (Å²) in [6.07, 6.45) is 5.03. The van der Waals surface area contributed by atoms with Gasteiger partial charge in [-0.2, -0.15) is 4.58 Å². The summed E-state index contributed by atoms with van der Waals surface area (Å²) in [5, 5.41) is 12.1. The lowest BCUT2D eigenvalue weighted by Crippen LogP contribution is -2.47. The number of aromatic nitrogens is 1. The van der Waals surface area contributed by atoms with E-state index in [0.717, 1.165) is 11.4 Å². The normalized spacial score (nSPS) is 16.7. The van der Waals surface area contributed by atoms with Gasteiger partial charge in [0.1, 0.15) is 5.75 Å². The maximum Gasteiger partial charge on any atom is 0.411 e. The molecule has 2 amide bonds. The lowest BCUT2D eigenvalue weighted by Gasteiger charge is -2.29. The minimum Gasteiger partial charge on any atom is -0.482 e. The van der Waals surface area contributed by atoms with Crippen LogP contribution in [0.1, 0.15) is 69.3 Å². The lowest BCUT2D eigenvalue weighted by molar-refractivity contribution is -0.451. The van der Waals surface area contributed by atoms with E-state index in [1.54, 1.807) is 17.6 Å². The van der Waals surface area contributed by atoms with Gasteiger partial charge in [0, 0.05) is 32.8 Å². The number of nitrogens with one attached hydrogen (secondary N) is 1. The fourth-order valence-corrected chi connectivity index (χ4v) is 4.65. The maximum absolute atomic E-state index is 12.7. The molecule has 0 bridgehead atoms. The van der Waals surface area contributed by atoms with Gasteiger partial charge in [0.25, 0.3) is 5.91 Å². The van der Waals surface area contributed by atoms with Gasteiger partial charge in [-0.05, 0) is 55.0 Å². The van der Waals surface area contributed by atoms with Crippen molar-refractivity contribution in [3.8, 4) is 5.75 Å². The minimum atomic E-state index is -1.11. The summed E-state index contributed by atoms with van der Waals surface area (Å²) < 4.78 is 8.18. The third-order valence-electron chi connectivity index (χ3n) is 6.90. The van der Waals surface area contributed by atoms with Crippen LogP contribution in [-0.2, 0) is 4.79 Å². The molecule has 0 radical (unpaired) electrons. The maximum atomic E-state index is 12.7. The molecule has 1 unspecified atom stereocenters. The van der Waals surface area contributed by atoms with Crippen molar-refractivity contribution in [1.29, 1.82) is 0 Å². The summed E-state index contributed by atoms with van der Waals surface area (Å²) >= 11 is 0. The molecule has 1 aromatic heterocycles. The number of carboxylic acids is 1. The molecule has 0 spiro atoms. The van der Waals surface area contributed by atoms with Gasteiger partial charge in [-0.3, -0.25) is 14.7 Å². The molecule has 4 rings (SSSR count). The first-order valence-corrected chi connectivity index (χ1v) is 12.4. The van der Waals surface area contributed by atoms with Crippen LogP contribution in [-0.4, -0.2) is 76.3 Å². The van der Waals surface area contributed by atoms with E-state index in [4.69, 9.17) is 9.72 Å². The highest BCUT2D eigenvalue weighted by molar-refractivity contribution is 6.00. The van der Waals surface area contributed by atoms with Gasteiger partial charge < -0.3 is 15.2 Å². The summed E-state index contributed by atoms with van der Waals surface area (Å²) in [7, 11) is 1.49. The average molecular weight is 506 g/mol. The van der Waals surface area contributed by atoms with Gasteiger partial charge >= 0.3 is 11.9 Å². The molecular formula is C28H33N4O5+. The zero-order valence-corrected chi connectivity index (χ0v) is 21.5. The lowest BCUT2D eigenvalue weighted by atomic mass is 10.0. The zero-order chi connectivity index (χ0) is 26.7. The monoisotopic (exact) mass is 505 g/mol. The van der Waals surface area contributed by atoms with Crippen LogP contribution in [0.25, 0.3) is 0 Å². The number of nitrogens with zero attached hydrogens (tertiary/aromatic N) is 3. The van der Waals surface area contributed by atoms with E-state index in [-0.39, 0.29) is 17.0 Å². The molecule has 9 heteroatoms. The number of rotatable bonds is 9. The Kier molecular flexibility index (Phi) is 7.83. The first kappa shape index (κ1) is 26.2. The van der Waals surface area contributed by atoms with Crippen molar-refractivity contribution in [2.75, 3.05) is 33.2 Å². The Hall–Kier alpha value is -3.85. The Balaban J connectivity index is 1.67. The van der Waals surface area contributed by atoms with Crippen LogP contribution in [0.15, 0.2) is 43.1 Å². The minimum absolute atomic E-state index is 0.0441. The highest BCUT2D eigenvalue weighted by Gasteiger charge is 2.31. The van der Waals surface area contributed by atoms with E-state index in [0.29, 0.717) is 43.4 Å². The molecule has 0 saturated heterocycles. The van der Waals surface area contributed by atoms with Crippen molar-refractivity contribution in [3.05, 3.63) is 71.1 Å². The summed E-state index contributed by atoms with van der Waals surface area (Å²) in [5.74, 6) is -0.803. The zero-order valence-electron chi connectivity index (χ0n) is 21.5. The van der Waals surface area contributed by atoms with E-state index in [1.807, 2.05) is 19.2 Å². The van der Waals surface area contributed by atoms with Crippen LogP contribution in [0, 0.1) is 6.92 Å². The van der Waals surface area contributed by atoms with Crippen molar-refractivity contribution in [1.82, 2.24) is 15.2 Å². The highest BCUT2D eigenvalue weighted by Crippen LogP contribution is 2.40. The number of hydrogen-bond acceptors (Lipinski definition) is 6. The van der Waals surface area contributed by atoms with E-state index >= 15 is 0 Å². The molecule has 2 N–H and O–H groups in total. The van der Waals surface area contributed by atoms with Crippen molar-refractivity contribution >= 4 is 23.5 Å². The molecule has 1 saturated carbocycles. The SMILES string of the molecule is C=CC(=O)[N+]1=C(C)CN(CC(Oc2cc(C)c(C(=O)O)cc2C(=O)NC)c2ccc(C3CC3)cn2)CC1. The Morgan fingerprint density at radius 1 is 1.27 bits per heavy atom. The molecule has 1 fully saturated rings. The standard InChI is InChI=1S/C28H32N4O5/c1-5-26(33)32-11-10-31(15-18(32)3)16-25(23-9-8-20(14-30-23)19-6-7-19)37-24-12-17(2)21(28(35)36)13-22(24)27(34)29-4/h5,8-9,12-14,19,25H,1,6-7,10-11,15-16H2,2-4H3,(H-,29,34,35,36)/p+1. The second-order valence-corrected chi connectivity index (χ2v) is 9.61. The van der Waals surface area contributed by atoms with Crippen LogP contribution in [0.4, 0.5) is 0 Å². The fourth-order valence-electron chi connectivity index (χ4n) is 4.65. The van der Waals surface area contributed by atoms with Gasteiger partial charge in [0.15, 0.2) is 18.4 Å². The fraction of sp³-hybridized carbons (Fsp3) is 0.393. The first-order chi connectivity index (χ1) is 17.7. The van der Waals surface area contributed by atoms with Crippen LogP contribution >= 0.6 is 0 Å². The number of amides is 2. The van der Waals surface area contributed by atoms with Crippen molar-refractivity contribution < 1.29 is 28.8 Å². The number of pyridine rings is 1. The van der Waals surface area contributed by atoms with E-state index < -0.39 is 18.0 Å². The quantitative estimate of drug-likeness (QED) is 0.398. The Morgan fingerprint density at radius 3 is 2.59 bits per heavy atom. The van der Waals surface area contributed by atoms with E-state index in [1.165, 1.54) is 37.6 Å². The number of carboxylic acid groups (broad SMARTS) is 1. The third-order valence-corrected chi connectivity index (χ3v) is 6.90. The molecule has 1 aliphatic heterocycles. The van der Waals surface area contributed by atoms with E-state index in [9.17, 15) is 19.5 Å². The summed E-state index contributed by atoms with van der Waals surface area (Å²) in [4.78, 5) is 43.4. The van der Waals surface area contributed by atoms with E-state index in [2.05, 4.69) is 22.9 Å². The summed E-state index contributed by atoms with van der Waals surface area (Å²) in [6.45, 7) is 9.39. The average Bonchev–Trinajstić information content (AvgIpc) is 3.73. The van der Waals surface area contributed by atoms with Crippen LogP contribution in [0.3, 0.4) is 0 Å².